The Hall–Kier alpha value is -3.34. The predicted octanol–water partition coefficient (Wildman–Crippen LogP) is 5.22. The van der Waals surface area contributed by atoms with Gasteiger partial charge in [0.15, 0.2) is 11.5 Å². The Morgan fingerprint density at radius 2 is 1.72 bits per heavy atom. The minimum atomic E-state index is -4.68. The maximum Gasteiger partial charge on any atom is 0.453 e. The SMILES string of the molecule is CCOc1ccc(COc2ccc(C=Nn3c(C(F)(F)F)n[nH]c3=S)cc2)cc1OCC. The molecule has 0 radical (unpaired) electrons. The number of hydrogen-bond acceptors (Lipinski definition) is 6. The van der Waals surface area contributed by atoms with Gasteiger partial charge in [0.05, 0.1) is 19.4 Å². The standard InChI is InChI=1S/C21H21F3N4O3S/c1-3-29-17-10-7-15(11-18(17)30-4-2)13-31-16-8-5-14(6-9-16)12-25-28-19(21(22,23)24)26-27-20(28)32/h5-12H,3-4,13H2,1-2H3,(H,27,32). The molecule has 32 heavy (non-hydrogen) atoms. The summed E-state index contributed by atoms with van der Waals surface area (Å²) in [6.07, 6.45) is -3.42. The Bertz CT molecular complexity index is 1120. The van der Waals surface area contributed by atoms with Gasteiger partial charge in [0, 0.05) is 0 Å². The van der Waals surface area contributed by atoms with E-state index in [0.717, 1.165) is 5.56 Å². The summed E-state index contributed by atoms with van der Waals surface area (Å²) in [4.78, 5) is 0. The molecule has 2 aromatic carbocycles. The number of nitrogens with one attached hydrogen (secondary N) is 1. The summed E-state index contributed by atoms with van der Waals surface area (Å²) < 4.78 is 56.0. The molecule has 0 aliphatic rings. The summed E-state index contributed by atoms with van der Waals surface area (Å²) in [7, 11) is 0. The van der Waals surface area contributed by atoms with Crippen molar-refractivity contribution < 1.29 is 27.4 Å². The maximum absolute atomic E-state index is 12.9. The van der Waals surface area contributed by atoms with Gasteiger partial charge in [-0.25, -0.2) is 5.10 Å². The smallest absolute Gasteiger partial charge is 0.453 e. The zero-order valence-electron chi connectivity index (χ0n) is 17.3. The number of alkyl halides is 3. The first-order valence-corrected chi connectivity index (χ1v) is 10.1. The van der Waals surface area contributed by atoms with Gasteiger partial charge < -0.3 is 14.2 Å². The molecule has 1 aromatic heterocycles. The summed E-state index contributed by atoms with van der Waals surface area (Å²) in [6.45, 7) is 5.16. The van der Waals surface area contributed by atoms with Crippen LogP contribution in [0.2, 0.25) is 0 Å². The number of nitrogens with zero attached hydrogens (tertiary/aromatic N) is 3. The van der Waals surface area contributed by atoms with Crippen molar-refractivity contribution in [3.05, 3.63) is 64.2 Å². The van der Waals surface area contributed by atoms with Crippen molar-refractivity contribution in [3.8, 4) is 17.2 Å². The van der Waals surface area contributed by atoms with Gasteiger partial charge in [-0.15, -0.1) is 5.10 Å². The molecule has 3 rings (SSSR count). The summed E-state index contributed by atoms with van der Waals surface area (Å²) in [5.41, 5.74) is 1.46. The van der Waals surface area contributed by atoms with Crippen LogP contribution in [-0.4, -0.2) is 34.3 Å². The van der Waals surface area contributed by atoms with Crippen molar-refractivity contribution in [2.24, 2.45) is 5.10 Å². The average Bonchev–Trinajstić information content (AvgIpc) is 3.14. The summed E-state index contributed by atoms with van der Waals surface area (Å²) in [5, 5.41) is 9.04. The number of halogens is 3. The third kappa shape index (κ3) is 5.88. The lowest BCUT2D eigenvalue weighted by Crippen LogP contribution is -2.12. The van der Waals surface area contributed by atoms with Crippen LogP contribution in [0.25, 0.3) is 0 Å². The molecular weight excluding hydrogens is 445 g/mol. The molecular formula is C21H21F3N4O3S. The van der Waals surface area contributed by atoms with Gasteiger partial charge in [-0.2, -0.15) is 22.9 Å². The van der Waals surface area contributed by atoms with Crippen molar-refractivity contribution >= 4 is 18.4 Å². The van der Waals surface area contributed by atoms with Gasteiger partial charge in [-0.3, -0.25) is 0 Å². The van der Waals surface area contributed by atoms with Crippen LogP contribution in [0.1, 0.15) is 30.8 Å². The number of hydrogen-bond donors (Lipinski definition) is 1. The van der Waals surface area contributed by atoms with Gasteiger partial charge in [-0.1, -0.05) is 6.07 Å². The highest BCUT2D eigenvalue weighted by molar-refractivity contribution is 7.71. The van der Waals surface area contributed by atoms with Crippen LogP contribution in [-0.2, 0) is 12.8 Å². The fourth-order valence-electron chi connectivity index (χ4n) is 2.71. The molecule has 0 spiro atoms. The highest BCUT2D eigenvalue weighted by Gasteiger charge is 2.37. The zero-order valence-corrected chi connectivity index (χ0v) is 18.2. The molecule has 7 nitrogen and oxygen atoms in total. The first-order chi connectivity index (χ1) is 15.3. The van der Waals surface area contributed by atoms with Crippen LogP contribution in [0.5, 0.6) is 17.2 Å². The topological polar surface area (TPSA) is 73.7 Å². The maximum atomic E-state index is 12.9. The Morgan fingerprint density at radius 1 is 1.03 bits per heavy atom. The van der Waals surface area contributed by atoms with E-state index < -0.39 is 12.0 Å². The van der Waals surface area contributed by atoms with E-state index in [1.807, 2.05) is 32.0 Å². The molecule has 0 unspecified atom stereocenters. The van der Waals surface area contributed by atoms with Crippen molar-refractivity contribution in [1.82, 2.24) is 14.9 Å². The molecule has 0 aliphatic heterocycles. The van der Waals surface area contributed by atoms with Gasteiger partial charge in [-0.05, 0) is 73.6 Å². The van der Waals surface area contributed by atoms with E-state index in [0.29, 0.717) is 47.3 Å². The Balaban J connectivity index is 1.66. The molecule has 0 fully saturated rings. The Morgan fingerprint density at radius 3 is 2.38 bits per heavy atom. The molecule has 0 amide bonds. The Labute approximate surface area is 187 Å². The van der Waals surface area contributed by atoms with Gasteiger partial charge >= 0.3 is 6.18 Å². The van der Waals surface area contributed by atoms with Crippen LogP contribution in [0.15, 0.2) is 47.6 Å². The molecule has 0 bridgehead atoms. The van der Waals surface area contributed by atoms with Gasteiger partial charge in [0.1, 0.15) is 12.4 Å². The number of benzene rings is 2. The molecule has 0 aliphatic carbocycles. The van der Waals surface area contributed by atoms with Gasteiger partial charge in [0.2, 0.25) is 4.77 Å². The summed E-state index contributed by atoms with van der Waals surface area (Å²) in [6, 6.07) is 12.3. The number of H-pyrrole nitrogens is 1. The van der Waals surface area contributed by atoms with E-state index >= 15 is 0 Å². The largest absolute Gasteiger partial charge is 0.490 e. The van der Waals surface area contributed by atoms with E-state index in [4.69, 9.17) is 26.4 Å². The first kappa shape index (κ1) is 23.3. The number of rotatable bonds is 9. The van der Waals surface area contributed by atoms with Crippen molar-refractivity contribution in [3.63, 3.8) is 0 Å². The number of aromatic amines is 1. The highest BCUT2D eigenvalue weighted by atomic mass is 32.1. The average molecular weight is 466 g/mol. The normalized spacial score (nSPS) is 11.7. The summed E-state index contributed by atoms with van der Waals surface area (Å²) >= 11 is 4.80. The number of ether oxygens (including phenoxy) is 3. The predicted molar refractivity (Wildman–Crippen MR) is 115 cm³/mol. The van der Waals surface area contributed by atoms with Crippen LogP contribution in [0, 0.1) is 4.77 Å². The number of aromatic nitrogens is 3. The lowest BCUT2D eigenvalue weighted by Gasteiger charge is -2.13. The van der Waals surface area contributed by atoms with Crippen LogP contribution < -0.4 is 14.2 Å². The van der Waals surface area contributed by atoms with Crippen LogP contribution >= 0.6 is 12.2 Å². The summed E-state index contributed by atoms with van der Waals surface area (Å²) in [5.74, 6) is 0.691. The molecule has 0 saturated carbocycles. The molecule has 1 heterocycles. The molecule has 0 atom stereocenters. The molecule has 170 valence electrons. The van der Waals surface area contributed by atoms with E-state index in [1.165, 1.54) is 6.21 Å². The zero-order chi connectivity index (χ0) is 23.1. The van der Waals surface area contributed by atoms with Gasteiger partial charge in [0.25, 0.3) is 5.82 Å². The second-order valence-corrected chi connectivity index (χ2v) is 6.80. The van der Waals surface area contributed by atoms with Crippen molar-refractivity contribution in [2.75, 3.05) is 13.2 Å². The fourth-order valence-corrected chi connectivity index (χ4v) is 2.89. The fraction of sp³-hybridized carbons (Fsp3) is 0.286. The highest BCUT2D eigenvalue weighted by Crippen LogP contribution is 2.29. The first-order valence-electron chi connectivity index (χ1n) is 9.72. The van der Waals surface area contributed by atoms with Crippen molar-refractivity contribution in [2.45, 2.75) is 26.6 Å². The Kier molecular flexibility index (Phi) is 7.52. The minimum Gasteiger partial charge on any atom is -0.490 e. The molecule has 3 aromatic rings. The second kappa shape index (κ2) is 10.3. The lowest BCUT2D eigenvalue weighted by atomic mass is 10.2. The minimum absolute atomic E-state index is 0.254. The monoisotopic (exact) mass is 466 g/mol. The molecule has 0 saturated heterocycles. The molecule has 11 heteroatoms. The van der Waals surface area contributed by atoms with E-state index in [1.54, 1.807) is 24.3 Å². The van der Waals surface area contributed by atoms with Crippen LogP contribution in [0.3, 0.4) is 0 Å². The third-order valence-corrected chi connectivity index (χ3v) is 4.38. The lowest BCUT2D eigenvalue weighted by molar-refractivity contribution is -0.147. The third-order valence-electron chi connectivity index (χ3n) is 4.12. The van der Waals surface area contributed by atoms with E-state index in [9.17, 15) is 13.2 Å². The second-order valence-electron chi connectivity index (χ2n) is 6.41. The molecule has 1 N–H and O–H groups in total. The van der Waals surface area contributed by atoms with E-state index in [2.05, 4.69) is 15.3 Å². The van der Waals surface area contributed by atoms with Crippen LogP contribution in [0.4, 0.5) is 13.2 Å². The van der Waals surface area contributed by atoms with E-state index in [-0.39, 0.29) is 4.77 Å². The van der Waals surface area contributed by atoms with Crippen molar-refractivity contribution in [1.29, 1.82) is 0 Å². The quantitative estimate of drug-likeness (QED) is 0.346.